The van der Waals surface area contributed by atoms with Crippen LogP contribution in [0.5, 0.6) is 0 Å². The van der Waals surface area contributed by atoms with Gasteiger partial charge >= 0.3 is 5.97 Å². The van der Waals surface area contributed by atoms with E-state index < -0.39 is 5.97 Å². The molecule has 35 heavy (non-hydrogen) atoms. The third-order valence-electron chi connectivity index (χ3n) is 6.38. The molecule has 0 bridgehead atoms. The van der Waals surface area contributed by atoms with E-state index in [4.69, 9.17) is 4.74 Å². The Bertz CT molecular complexity index is 1290. The van der Waals surface area contributed by atoms with Crippen molar-refractivity contribution in [3.05, 3.63) is 84.5 Å². The third kappa shape index (κ3) is 5.28. The van der Waals surface area contributed by atoms with Crippen LogP contribution in [0.25, 0.3) is 16.8 Å². The Kier molecular flexibility index (Phi) is 7.63. The van der Waals surface area contributed by atoms with E-state index >= 15 is 0 Å². The van der Waals surface area contributed by atoms with E-state index in [1.807, 2.05) is 55.8 Å². The smallest absolute Gasteiger partial charge is 0.359 e. The van der Waals surface area contributed by atoms with E-state index in [1.54, 1.807) is 11.1 Å². The zero-order chi connectivity index (χ0) is 24.8. The lowest BCUT2D eigenvalue weighted by atomic mass is 10.1. The first-order valence-electron chi connectivity index (χ1n) is 12.0. The van der Waals surface area contributed by atoms with Gasteiger partial charge in [-0.15, -0.1) is 0 Å². The monoisotopic (exact) mass is 469 g/mol. The molecule has 0 spiro atoms. The first kappa shape index (κ1) is 24.2. The maximum Gasteiger partial charge on any atom is 0.359 e. The van der Waals surface area contributed by atoms with Crippen molar-refractivity contribution in [1.29, 1.82) is 0 Å². The van der Waals surface area contributed by atoms with Gasteiger partial charge in [-0.05, 0) is 43.2 Å². The first-order valence-corrected chi connectivity index (χ1v) is 12.0. The second-order valence-corrected chi connectivity index (χ2v) is 8.58. The van der Waals surface area contributed by atoms with E-state index in [2.05, 4.69) is 46.9 Å². The Balaban J connectivity index is 1.68. The van der Waals surface area contributed by atoms with Crippen molar-refractivity contribution < 1.29 is 14.8 Å². The summed E-state index contributed by atoms with van der Waals surface area (Å²) in [6.07, 6.45) is 6.19. The van der Waals surface area contributed by atoms with E-state index in [1.165, 1.54) is 31.0 Å². The van der Waals surface area contributed by atoms with Crippen molar-refractivity contribution in [3.63, 3.8) is 0 Å². The van der Waals surface area contributed by atoms with Gasteiger partial charge in [-0.1, -0.05) is 49.1 Å². The molecule has 1 heterocycles. The number of hydrazone groups is 1. The molecule has 180 valence electrons. The van der Waals surface area contributed by atoms with Crippen LogP contribution in [-0.2, 0) is 9.53 Å². The van der Waals surface area contributed by atoms with Gasteiger partial charge < -0.3 is 15.0 Å². The Morgan fingerprint density at radius 3 is 2.46 bits per heavy atom. The topological polar surface area (TPSA) is 61.8 Å². The van der Waals surface area contributed by atoms with Crippen molar-refractivity contribution in [1.82, 2.24) is 0 Å². The number of rotatable bonds is 8. The van der Waals surface area contributed by atoms with Crippen molar-refractivity contribution in [3.8, 4) is 0 Å². The number of methoxy groups -OCH3 is 1. The minimum absolute atomic E-state index is 0.164. The summed E-state index contributed by atoms with van der Waals surface area (Å²) in [7, 11) is 5.20. The van der Waals surface area contributed by atoms with Crippen LogP contribution in [-0.4, -0.2) is 46.0 Å². The lowest BCUT2D eigenvalue weighted by Crippen LogP contribution is -2.73. The summed E-state index contributed by atoms with van der Waals surface area (Å²) in [6.45, 7) is 6.26. The standard InChI is InChI=1S/C29H32N4O2/c1-21(15-16-22-11-5-8-14-25(22)30-2)28(29(34)35-4)31-32(3)26-17-18-27(33-19-9-10-20-33)24-13-7-6-12-23(24)26/h5-8,11-18,30H,1,9-10,19-20H2,2-4H3/p+1/b16-15-,31-28-. The average molecular weight is 470 g/mol. The molecule has 1 aliphatic rings. The molecular weight excluding hydrogens is 436 g/mol. The van der Waals surface area contributed by atoms with E-state index in [9.17, 15) is 4.79 Å². The highest BCUT2D eigenvalue weighted by Crippen LogP contribution is 2.35. The maximum absolute atomic E-state index is 12.7. The number of para-hydroxylation sites is 1. The molecule has 3 aromatic rings. The molecule has 1 fully saturated rings. The minimum atomic E-state index is -0.528. The maximum atomic E-state index is 12.7. The fourth-order valence-corrected chi connectivity index (χ4v) is 4.51. The summed E-state index contributed by atoms with van der Waals surface area (Å²) in [5.74, 6) is -0.528. The van der Waals surface area contributed by atoms with Gasteiger partial charge in [0.1, 0.15) is 5.69 Å². The SMILES string of the molecule is C=C(/C=C\c1ccccc1[NH2+]C)/C(=N/N(C)c1ccc(N2CCCC2)c2ccccc12)C(=O)OC. The third-order valence-corrected chi connectivity index (χ3v) is 6.38. The second-order valence-electron chi connectivity index (χ2n) is 8.58. The number of carbonyl (C=O) groups excluding carboxylic acids is 1. The van der Waals surface area contributed by atoms with Gasteiger partial charge in [0.25, 0.3) is 0 Å². The average Bonchev–Trinajstić information content (AvgIpc) is 3.44. The largest absolute Gasteiger partial charge is 0.464 e. The number of ether oxygens (including phenoxy) is 1. The molecule has 0 unspecified atom stereocenters. The Morgan fingerprint density at radius 1 is 1.06 bits per heavy atom. The molecule has 1 aliphatic heterocycles. The second kappa shape index (κ2) is 11.0. The molecule has 1 saturated heterocycles. The summed E-state index contributed by atoms with van der Waals surface area (Å²) in [5, 5.41) is 10.7. The van der Waals surface area contributed by atoms with Gasteiger partial charge in [-0.25, -0.2) is 4.79 Å². The molecule has 0 saturated carbocycles. The number of anilines is 2. The predicted octanol–water partition coefficient (Wildman–Crippen LogP) is 4.50. The van der Waals surface area contributed by atoms with Crippen molar-refractivity contribution in [2.75, 3.05) is 44.2 Å². The molecule has 2 N–H and O–H groups in total. The number of allylic oxidation sites excluding steroid dienone is 1. The number of carbonyl (C=O) groups is 1. The van der Waals surface area contributed by atoms with Crippen molar-refractivity contribution >= 4 is 45.6 Å². The highest BCUT2D eigenvalue weighted by molar-refractivity contribution is 6.44. The van der Waals surface area contributed by atoms with Crippen molar-refractivity contribution in [2.45, 2.75) is 12.8 Å². The Hall–Kier alpha value is -3.90. The summed E-state index contributed by atoms with van der Waals surface area (Å²) >= 11 is 0. The van der Waals surface area contributed by atoms with Crippen LogP contribution in [0.3, 0.4) is 0 Å². The summed E-state index contributed by atoms with van der Waals surface area (Å²) in [4.78, 5) is 15.1. The molecule has 0 radical (unpaired) electrons. The number of hydrogen-bond acceptors (Lipinski definition) is 5. The summed E-state index contributed by atoms with van der Waals surface area (Å²) in [6, 6.07) is 20.6. The fraction of sp³-hybridized carbons (Fsp3) is 0.241. The van der Waals surface area contributed by atoms with Gasteiger partial charge in [-0.2, -0.15) is 5.10 Å². The van der Waals surface area contributed by atoms with Gasteiger partial charge in [0.2, 0.25) is 0 Å². The molecule has 0 atom stereocenters. The van der Waals surface area contributed by atoms with Gasteiger partial charge in [-0.3, -0.25) is 5.01 Å². The molecule has 0 amide bonds. The molecule has 0 aromatic heterocycles. The van der Waals surface area contributed by atoms with Crippen LogP contribution >= 0.6 is 0 Å². The molecule has 6 nitrogen and oxygen atoms in total. The van der Waals surface area contributed by atoms with Gasteiger partial charge in [0.15, 0.2) is 5.71 Å². The van der Waals surface area contributed by atoms with Crippen molar-refractivity contribution in [2.24, 2.45) is 5.10 Å². The Labute approximate surface area is 207 Å². The van der Waals surface area contributed by atoms with Gasteiger partial charge in [0.05, 0.1) is 19.8 Å². The van der Waals surface area contributed by atoms with Crippen LogP contribution in [0.2, 0.25) is 0 Å². The first-order chi connectivity index (χ1) is 17.0. The summed E-state index contributed by atoms with van der Waals surface area (Å²) in [5.41, 5.74) is 4.94. The minimum Gasteiger partial charge on any atom is -0.464 e. The number of fused-ring (bicyclic) bond motifs is 1. The normalized spacial score (nSPS) is 14.0. The van der Waals surface area contributed by atoms with E-state index in [0.29, 0.717) is 5.57 Å². The van der Waals surface area contributed by atoms with Crippen LogP contribution < -0.4 is 15.2 Å². The van der Waals surface area contributed by atoms with Gasteiger partial charge in [0, 0.05) is 47.7 Å². The Morgan fingerprint density at radius 2 is 1.74 bits per heavy atom. The fourth-order valence-electron chi connectivity index (χ4n) is 4.51. The van der Waals surface area contributed by atoms with Crippen LogP contribution in [0, 0.1) is 0 Å². The number of benzene rings is 3. The van der Waals surface area contributed by atoms with E-state index in [0.717, 1.165) is 35.4 Å². The zero-order valence-corrected chi connectivity index (χ0v) is 20.7. The lowest BCUT2D eigenvalue weighted by molar-refractivity contribution is -0.539. The molecular formula is C29H33N4O2+. The highest BCUT2D eigenvalue weighted by atomic mass is 16.5. The molecule has 6 heteroatoms. The summed E-state index contributed by atoms with van der Waals surface area (Å²) < 4.78 is 5.04. The van der Waals surface area contributed by atoms with Crippen LogP contribution in [0.15, 0.2) is 84.0 Å². The number of esters is 1. The van der Waals surface area contributed by atoms with Crippen LogP contribution in [0.1, 0.15) is 18.4 Å². The quantitative estimate of drug-likeness (QED) is 0.174. The van der Waals surface area contributed by atoms with E-state index in [-0.39, 0.29) is 5.71 Å². The highest BCUT2D eigenvalue weighted by Gasteiger charge is 2.19. The number of nitrogens with two attached hydrogens (primary N) is 1. The zero-order valence-electron chi connectivity index (χ0n) is 20.7. The molecule has 0 aliphatic carbocycles. The predicted molar refractivity (Wildman–Crippen MR) is 145 cm³/mol. The molecule has 3 aromatic carbocycles. The number of hydrogen-bond donors (Lipinski definition) is 1. The number of nitrogens with zero attached hydrogens (tertiary/aromatic N) is 3. The van der Waals surface area contributed by atoms with Crippen LogP contribution in [0.4, 0.5) is 17.1 Å². The molecule has 4 rings (SSSR count). The lowest BCUT2D eigenvalue weighted by Gasteiger charge is -2.23. The number of quaternary nitrogens is 1.